The van der Waals surface area contributed by atoms with Gasteiger partial charge in [-0.1, -0.05) is 12.1 Å². The molecule has 1 aliphatic rings. The average Bonchev–Trinajstić information content (AvgIpc) is 3.29. The maximum Gasteiger partial charge on any atom is 0.440 e. The van der Waals surface area contributed by atoms with E-state index < -0.39 is 64.7 Å². The standard InChI is InChI=1S/C22H14F10N6O2/c1-37-17(13(20(25,26)27)16(36-37)40-22(31,32)18(24)21(28,29)30)38-8-10(7-34-38)11-3-2-4-12(14(11)23)15(39)35-19(9-33)5-6-19/h2-4,7-8,18H,5-6H2,1H3,(H,35,39). The van der Waals surface area contributed by atoms with Crippen molar-refractivity contribution in [1.82, 2.24) is 24.9 Å². The number of nitriles is 1. The van der Waals surface area contributed by atoms with E-state index in [9.17, 15) is 44.3 Å². The summed E-state index contributed by atoms with van der Waals surface area (Å²) in [7, 11) is 0.780. The smallest absolute Gasteiger partial charge is 0.410 e. The number of nitrogens with one attached hydrogen (secondary N) is 1. The zero-order valence-electron chi connectivity index (χ0n) is 19.7. The lowest BCUT2D eigenvalue weighted by Gasteiger charge is -2.22. The van der Waals surface area contributed by atoms with Gasteiger partial charge in [-0.15, -0.1) is 5.10 Å². The molecule has 1 unspecified atom stereocenters. The molecular weight excluding hydrogens is 570 g/mol. The summed E-state index contributed by atoms with van der Waals surface area (Å²) in [5.41, 5.74) is -4.29. The normalized spacial score (nSPS) is 15.8. The number of carbonyl (C=O) groups excluding carboxylic acids is 1. The van der Waals surface area contributed by atoms with Gasteiger partial charge < -0.3 is 10.1 Å². The molecule has 1 saturated carbocycles. The lowest BCUT2D eigenvalue weighted by Crippen LogP contribution is -2.46. The topological polar surface area (TPSA) is 97.8 Å². The predicted molar refractivity (Wildman–Crippen MR) is 112 cm³/mol. The van der Waals surface area contributed by atoms with E-state index in [4.69, 9.17) is 5.26 Å². The molecule has 18 heteroatoms. The average molecular weight is 584 g/mol. The molecule has 1 N–H and O–H groups in total. The molecule has 0 aliphatic heterocycles. The fraction of sp³-hybridized carbons (Fsp3) is 0.364. The number of rotatable bonds is 7. The number of alkyl halides is 9. The molecule has 1 aromatic carbocycles. The number of benzene rings is 1. The van der Waals surface area contributed by atoms with Crippen molar-refractivity contribution in [3.05, 3.63) is 47.5 Å². The van der Waals surface area contributed by atoms with Gasteiger partial charge >= 0.3 is 18.5 Å². The highest BCUT2D eigenvalue weighted by atomic mass is 19.4. The van der Waals surface area contributed by atoms with Crippen molar-refractivity contribution in [1.29, 1.82) is 5.26 Å². The molecule has 1 aliphatic carbocycles. The fourth-order valence-electron chi connectivity index (χ4n) is 3.63. The molecule has 40 heavy (non-hydrogen) atoms. The van der Waals surface area contributed by atoms with Gasteiger partial charge in [0, 0.05) is 24.4 Å². The lowest BCUT2D eigenvalue weighted by molar-refractivity contribution is -0.306. The van der Waals surface area contributed by atoms with Crippen LogP contribution in [0, 0.1) is 17.1 Å². The minimum atomic E-state index is -6.17. The molecule has 2 heterocycles. The second-order valence-electron chi connectivity index (χ2n) is 8.68. The van der Waals surface area contributed by atoms with E-state index in [0.29, 0.717) is 17.5 Å². The summed E-state index contributed by atoms with van der Waals surface area (Å²) in [5.74, 6) is -5.27. The second kappa shape index (κ2) is 9.41. The Morgan fingerprint density at radius 1 is 1.18 bits per heavy atom. The van der Waals surface area contributed by atoms with E-state index in [1.54, 1.807) is 0 Å². The van der Waals surface area contributed by atoms with Crippen LogP contribution in [0.3, 0.4) is 0 Å². The third-order valence-electron chi connectivity index (χ3n) is 5.75. The number of hydrogen-bond donors (Lipinski definition) is 1. The van der Waals surface area contributed by atoms with E-state index in [1.165, 1.54) is 6.07 Å². The van der Waals surface area contributed by atoms with Gasteiger partial charge in [0.05, 0.1) is 17.8 Å². The highest BCUT2D eigenvalue weighted by Gasteiger charge is 2.60. The first kappa shape index (κ1) is 28.7. The molecule has 0 bridgehead atoms. The van der Waals surface area contributed by atoms with Crippen molar-refractivity contribution >= 4 is 5.91 Å². The maximum absolute atomic E-state index is 15.2. The maximum atomic E-state index is 15.2. The van der Waals surface area contributed by atoms with Gasteiger partial charge in [0.2, 0.25) is 0 Å². The van der Waals surface area contributed by atoms with Crippen molar-refractivity contribution in [3.8, 4) is 28.9 Å². The van der Waals surface area contributed by atoms with Crippen LogP contribution in [0.25, 0.3) is 16.9 Å². The summed E-state index contributed by atoms with van der Waals surface area (Å²) in [6, 6.07) is 5.37. The molecule has 1 fully saturated rings. The van der Waals surface area contributed by atoms with Crippen LogP contribution in [0.4, 0.5) is 43.9 Å². The van der Waals surface area contributed by atoms with Gasteiger partial charge in [-0.05, 0) is 18.9 Å². The molecule has 1 atom stereocenters. The summed E-state index contributed by atoms with van der Waals surface area (Å²) >= 11 is 0. The van der Waals surface area contributed by atoms with Crippen LogP contribution >= 0.6 is 0 Å². The van der Waals surface area contributed by atoms with Gasteiger partial charge in [0.25, 0.3) is 18.0 Å². The number of amides is 1. The van der Waals surface area contributed by atoms with Crippen LogP contribution in [0.5, 0.6) is 5.88 Å². The Labute approximate surface area is 216 Å². The Kier molecular flexibility index (Phi) is 6.76. The van der Waals surface area contributed by atoms with Gasteiger partial charge in [-0.25, -0.2) is 18.1 Å². The summed E-state index contributed by atoms with van der Waals surface area (Å²) in [4.78, 5) is 12.5. The molecule has 0 saturated heterocycles. The minimum absolute atomic E-state index is 0.211. The monoisotopic (exact) mass is 584 g/mol. The van der Waals surface area contributed by atoms with Crippen molar-refractivity contribution in [2.45, 2.75) is 43.0 Å². The largest absolute Gasteiger partial charge is 0.440 e. The Morgan fingerprint density at radius 2 is 1.82 bits per heavy atom. The van der Waals surface area contributed by atoms with E-state index in [-0.39, 0.29) is 15.8 Å². The van der Waals surface area contributed by atoms with Crippen LogP contribution in [0.15, 0.2) is 30.6 Å². The number of hydrogen-bond acceptors (Lipinski definition) is 5. The minimum Gasteiger partial charge on any atom is -0.410 e. The lowest BCUT2D eigenvalue weighted by atomic mass is 10.0. The molecule has 3 aromatic rings. The number of halogens is 10. The molecule has 0 radical (unpaired) electrons. The number of aryl methyl sites for hydroxylation is 1. The zero-order valence-corrected chi connectivity index (χ0v) is 19.7. The molecule has 0 spiro atoms. The van der Waals surface area contributed by atoms with Crippen LogP contribution in [0.1, 0.15) is 28.8 Å². The second-order valence-corrected chi connectivity index (χ2v) is 8.68. The highest BCUT2D eigenvalue weighted by Crippen LogP contribution is 2.44. The van der Waals surface area contributed by atoms with Crippen molar-refractivity contribution in [2.24, 2.45) is 7.05 Å². The van der Waals surface area contributed by atoms with Gasteiger partial charge in [-0.2, -0.15) is 45.5 Å². The Hall–Kier alpha value is -4.30. The van der Waals surface area contributed by atoms with E-state index >= 15 is 4.39 Å². The van der Waals surface area contributed by atoms with E-state index in [0.717, 1.165) is 31.6 Å². The number of aromatic nitrogens is 4. The molecule has 1 amide bonds. The number of carbonyl (C=O) groups is 1. The summed E-state index contributed by atoms with van der Waals surface area (Å²) in [6.07, 6.45) is -20.1. The first-order chi connectivity index (χ1) is 18.4. The first-order valence-corrected chi connectivity index (χ1v) is 10.9. The summed E-state index contributed by atoms with van der Waals surface area (Å²) in [6.45, 7) is 0. The Morgan fingerprint density at radius 3 is 2.38 bits per heavy atom. The SMILES string of the molecule is Cn1nc(OC(F)(F)C(F)C(F)(F)F)c(C(F)(F)F)c1-n1cc(-c2cccc(C(=O)NC3(C#N)CC3)c2F)cn1. The van der Waals surface area contributed by atoms with E-state index in [1.807, 2.05) is 6.07 Å². The predicted octanol–water partition coefficient (Wildman–Crippen LogP) is 5.09. The van der Waals surface area contributed by atoms with Gasteiger partial charge in [0.1, 0.15) is 11.4 Å². The van der Waals surface area contributed by atoms with Crippen molar-refractivity contribution in [3.63, 3.8) is 0 Å². The fourth-order valence-corrected chi connectivity index (χ4v) is 3.63. The molecular formula is C22H14F10N6O2. The zero-order chi connectivity index (χ0) is 29.8. The Balaban J connectivity index is 1.72. The first-order valence-electron chi connectivity index (χ1n) is 10.9. The number of nitrogens with zero attached hydrogens (tertiary/aromatic N) is 5. The van der Waals surface area contributed by atoms with E-state index in [2.05, 4.69) is 20.3 Å². The van der Waals surface area contributed by atoms with Crippen LogP contribution < -0.4 is 10.1 Å². The molecule has 214 valence electrons. The summed E-state index contributed by atoms with van der Waals surface area (Å²) in [5, 5.41) is 18.2. The third-order valence-corrected chi connectivity index (χ3v) is 5.75. The molecule has 2 aromatic heterocycles. The number of ether oxygens (including phenoxy) is 1. The molecule has 4 rings (SSSR count). The summed E-state index contributed by atoms with van der Waals surface area (Å²) < 4.78 is 139. The third kappa shape index (κ3) is 5.27. The van der Waals surface area contributed by atoms with Gasteiger partial charge in [-0.3, -0.25) is 4.79 Å². The highest BCUT2D eigenvalue weighted by molar-refractivity contribution is 5.96. The van der Waals surface area contributed by atoms with Crippen molar-refractivity contribution < 1.29 is 53.4 Å². The van der Waals surface area contributed by atoms with Crippen LogP contribution in [0.2, 0.25) is 0 Å². The van der Waals surface area contributed by atoms with Crippen LogP contribution in [-0.4, -0.2) is 49.5 Å². The quantitative estimate of drug-likeness (QED) is 0.391. The Bertz CT molecular complexity index is 1500. The van der Waals surface area contributed by atoms with Crippen molar-refractivity contribution in [2.75, 3.05) is 0 Å². The van der Waals surface area contributed by atoms with Gasteiger partial charge in [0.15, 0.2) is 11.4 Å². The molecule has 8 nitrogen and oxygen atoms in total. The van der Waals surface area contributed by atoms with Crippen LogP contribution in [-0.2, 0) is 13.2 Å².